The quantitative estimate of drug-likeness (QED) is 0.464. The van der Waals surface area contributed by atoms with Crippen molar-refractivity contribution >= 4 is 17.2 Å². The number of aliphatic hydroxyl groups is 1. The molecule has 0 saturated heterocycles. The molecule has 1 amide bonds. The Bertz CT molecular complexity index is 411. The van der Waals surface area contributed by atoms with E-state index < -0.39 is 5.91 Å². The van der Waals surface area contributed by atoms with Gasteiger partial charge < -0.3 is 10.4 Å². The lowest BCUT2D eigenvalue weighted by Crippen LogP contribution is -2.24. The standard InChI is InChI=1S/C10H10N2O2S/c1-7(13)9(5-11)10(14)12-6-8-3-2-4-15-8/h2-4,13H,6H2,1H3,(H,12,14). The van der Waals surface area contributed by atoms with Crippen molar-refractivity contribution in [2.24, 2.45) is 0 Å². The highest BCUT2D eigenvalue weighted by atomic mass is 32.1. The van der Waals surface area contributed by atoms with Crippen LogP contribution in [0.5, 0.6) is 0 Å². The topological polar surface area (TPSA) is 73.1 Å². The Morgan fingerprint density at radius 3 is 2.93 bits per heavy atom. The summed E-state index contributed by atoms with van der Waals surface area (Å²) >= 11 is 1.52. The first-order chi connectivity index (χ1) is 7.15. The lowest BCUT2D eigenvalue weighted by molar-refractivity contribution is -0.117. The predicted octanol–water partition coefficient (Wildman–Crippen LogP) is 1.72. The fraction of sp³-hybridized carbons (Fsp3) is 0.200. The molecule has 0 aliphatic heterocycles. The molecule has 0 atom stereocenters. The van der Waals surface area contributed by atoms with E-state index in [1.807, 2.05) is 17.5 Å². The van der Waals surface area contributed by atoms with E-state index in [1.54, 1.807) is 6.07 Å². The molecule has 4 nitrogen and oxygen atoms in total. The molecular weight excluding hydrogens is 212 g/mol. The lowest BCUT2D eigenvalue weighted by Gasteiger charge is -2.02. The highest BCUT2D eigenvalue weighted by molar-refractivity contribution is 7.09. The van der Waals surface area contributed by atoms with Gasteiger partial charge in [-0.3, -0.25) is 4.79 Å². The van der Waals surface area contributed by atoms with Crippen molar-refractivity contribution < 1.29 is 9.90 Å². The molecule has 0 aliphatic rings. The van der Waals surface area contributed by atoms with Gasteiger partial charge in [0.2, 0.25) is 0 Å². The van der Waals surface area contributed by atoms with Crippen molar-refractivity contribution in [3.8, 4) is 6.07 Å². The summed E-state index contributed by atoms with van der Waals surface area (Å²) in [7, 11) is 0. The van der Waals surface area contributed by atoms with Crippen LogP contribution in [0, 0.1) is 11.3 Å². The zero-order valence-corrected chi connectivity index (χ0v) is 8.97. The number of rotatable bonds is 3. The third-order valence-corrected chi connectivity index (χ3v) is 2.58. The smallest absolute Gasteiger partial charge is 0.265 e. The highest BCUT2D eigenvalue weighted by Gasteiger charge is 2.11. The molecule has 0 radical (unpaired) electrons. The number of nitrogens with one attached hydrogen (secondary N) is 1. The first-order valence-electron chi connectivity index (χ1n) is 4.25. The third-order valence-electron chi connectivity index (χ3n) is 1.70. The minimum absolute atomic E-state index is 0.244. The van der Waals surface area contributed by atoms with Gasteiger partial charge in [0.05, 0.1) is 6.54 Å². The minimum atomic E-state index is -0.550. The van der Waals surface area contributed by atoms with E-state index in [1.165, 1.54) is 18.3 Å². The van der Waals surface area contributed by atoms with Gasteiger partial charge in [0.15, 0.2) is 5.57 Å². The van der Waals surface area contributed by atoms with Crippen molar-refractivity contribution in [1.82, 2.24) is 5.32 Å². The molecule has 0 aliphatic carbocycles. The Morgan fingerprint density at radius 2 is 2.47 bits per heavy atom. The van der Waals surface area contributed by atoms with Gasteiger partial charge in [0.25, 0.3) is 5.91 Å². The molecule has 0 fully saturated rings. The molecule has 1 rings (SSSR count). The Kier molecular flexibility index (Phi) is 3.89. The zero-order valence-electron chi connectivity index (χ0n) is 8.15. The van der Waals surface area contributed by atoms with Crippen LogP contribution >= 0.6 is 11.3 Å². The Balaban J connectivity index is 2.58. The van der Waals surface area contributed by atoms with Crippen LogP contribution in [0.15, 0.2) is 28.8 Å². The molecule has 78 valence electrons. The summed E-state index contributed by atoms with van der Waals surface area (Å²) in [6.07, 6.45) is 0. The highest BCUT2D eigenvalue weighted by Crippen LogP contribution is 2.08. The van der Waals surface area contributed by atoms with Gasteiger partial charge in [-0.15, -0.1) is 11.3 Å². The number of hydrogen-bond donors (Lipinski definition) is 2. The van der Waals surface area contributed by atoms with E-state index in [9.17, 15) is 4.79 Å². The average Bonchev–Trinajstić information content (AvgIpc) is 2.67. The van der Waals surface area contributed by atoms with Crippen LogP contribution in [-0.4, -0.2) is 11.0 Å². The average molecular weight is 222 g/mol. The number of carbonyl (C=O) groups excluding carboxylic acids is 1. The lowest BCUT2D eigenvalue weighted by atomic mass is 10.2. The van der Waals surface area contributed by atoms with E-state index in [0.29, 0.717) is 6.54 Å². The first kappa shape index (κ1) is 11.3. The molecule has 0 aromatic carbocycles. The molecule has 0 unspecified atom stereocenters. The second-order valence-corrected chi connectivity index (χ2v) is 3.87. The summed E-state index contributed by atoms with van der Waals surface area (Å²) in [6, 6.07) is 5.41. The van der Waals surface area contributed by atoms with E-state index in [2.05, 4.69) is 5.32 Å². The number of nitriles is 1. The normalized spacial score (nSPS) is 11.5. The zero-order chi connectivity index (χ0) is 11.3. The summed E-state index contributed by atoms with van der Waals surface area (Å²) in [5.41, 5.74) is -0.244. The second-order valence-electron chi connectivity index (χ2n) is 2.83. The van der Waals surface area contributed by atoms with Crippen LogP contribution in [0.25, 0.3) is 0 Å². The van der Waals surface area contributed by atoms with E-state index in [-0.39, 0.29) is 11.3 Å². The van der Waals surface area contributed by atoms with E-state index in [4.69, 9.17) is 10.4 Å². The van der Waals surface area contributed by atoms with Gasteiger partial charge in [-0.25, -0.2) is 0 Å². The van der Waals surface area contributed by atoms with Crippen LogP contribution in [-0.2, 0) is 11.3 Å². The van der Waals surface area contributed by atoms with Gasteiger partial charge in [-0.05, 0) is 18.4 Å². The molecule has 2 N–H and O–H groups in total. The third kappa shape index (κ3) is 3.11. The van der Waals surface area contributed by atoms with Crippen LogP contribution in [0.3, 0.4) is 0 Å². The van der Waals surface area contributed by atoms with Crippen molar-refractivity contribution in [3.05, 3.63) is 33.7 Å². The van der Waals surface area contributed by atoms with Gasteiger partial charge in [0, 0.05) is 4.88 Å². The molecule has 1 aromatic heterocycles. The number of carbonyl (C=O) groups is 1. The van der Waals surface area contributed by atoms with Gasteiger partial charge in [-0.1, -0.05) is 6.07 Å². The number of amides is 1. The van der Waals surface area contributed by atoms with E-state index in [0.717, 1.165) is 4.88 Å². The molecule has 5 heteroatoms. The number of hydrogen-bond acceptors (Lipinski definition) is 4. The molecule has 0 saturated carbocycles. The molecule has 15 heavy (non-hydrogen) atoms. The Hall–Kier alpha value is -1.80. The van der Waals surface area contributed by atoms with Crippen LogP contribution in [0.4, 0.5) is 0 Å². The first-order valence-corrected chi connectivity index (χ1v) is 5.13. The summed E-state index contributed by atoms with van der Waals surface area (Å²) in [6.45, 7) is 1.68. The number of aliphatic hydroxyl groups excluding tert-OH is 1. The van der Waals surface area contributed by atoms with Crippen LogP contribution < -0.4 is 5.32 Å². The number of nitrogens with zero attached hydrogens (tertiary/aromatic N) is 1. The van der Waals surface area contributed by atoms with Gasteiger partial charge in [0.1, 0.15) is 11.8 Å². The molecule has 0 bridgehead atoms. The van der Waals surface area contributed by atoms with E-state index >= 15 is 0 Å². The molecular formula is C10H10N2O2S. The van der Waals surface area contributed by atoms with Crippen molar-refractivity contribution in [2.75, 3.05) is 0 Å². The largest absolute Gasteiger partial charge is 0.511 e. The molecule has 1 aromatic rings. The number of allylic oxidation sites excluding steroid dienone is 1. The maximum absolute atomic E-state index is 11.4. The number of thiophene rings is 1. The minimum Gasteiger partial charge on any atom is -0.511 e. The SMILES string of the molecule is CC(O)=C(C#N)C(=O)NCc1cccs1. The summed E-state index contributed by atoms with van der Waals surface area (Å²) in [5.74, 6) is -0.813. The monoisotopic (exact) mass is 222 g/mol. The predicted molar refractivity (Wildman–Crippen MR) is 57.1 cm³/mol. The molecule has 0 spiro atoms. The maximum atomic E-state index is 11.4. The van der Waals surface area contributed by atoms with Crippen LogP contribution in [0.1, 0.15) is 11.8 Å². The molecule has 1 heterocycles. The van der Waals surface area contributed by atoms with Gasteiger partial charge in [-0.2, -0.15) is 5.26 Å². The van der Waals surface area contributed by atoms with Crippen molar-refractivity contribution in [3.63, 3.8) is 0 Å². The summed E-state index contributed by atoms with van der Waals surface area (Å²) in [5, 5.41) is 22.1. The second kappa shape index (κ2) is 5.17. The Labute approximate surface area is 91.5 Å². The van der Waals surface area contributed by atoms with Crippen LogP contribution in [0.2, 0.25) is 0 Å². The van der Waals surface area contributed by atoms with Gasteiger partial charge >= 0.3 is 0 Å². The summed E-state index contributed by atoms with van der Waals surface area (Å²) < 4.78 is 0. The van der Waals surface area contributed by atoms with Crippen molar-refractivity contribution in [2.45, 2.75) is 13.5 Å². The van der Waals surface area contributed by atoms with Crippen molar-refractivity contribution in [1.29, 1.82) is 5.26 Å². The fourth-order valence-corrected chi connectivity index (χ4v) is 1.61. The summed E-state index contributed by atoms with van der Waals surface area (Å²) in [4.78, 5) is 12.4. The maximum Gasteiger partial charge on any atom is 0.265 e. The fourth-order valence-electron chi connectivity index (χ4n) is 0.965. The Morgan fingerprint density at radius 1 is 1.73 bits per heavy atom.